The number of anilines is 1. The van der Waals surface area contributed by atoms with E-state index in [0.29, 0.717) is 5.56 Å². The molecular formula is C26H25FN4O2S. The Bertz CT molecular complexity index is 1360. The molecule has 1 fully saturated rings. The smallest absolute Gasteiger partial charge is 0.255 e. The number of carbonyl (C=O) groups excluding carboxylic acids is 1. The quantitative estimate of drug-likeness (QED) is 0.467. The number of amides is 1. The number of imidazole rings is 1. The fourth-order valence-corrected chi connectivity index (χ4v) is 5.37. The minimum absolute atomic E-state index is 0.210. The molecule has 0 aliphatic carbocycles. The molecule has 8 heteroatoms. The highest BCUT2D eigenvalue weighted by Crippen LogP contribution is 2.23. The van der Waals surface area contributed by atoms with Crippen molar-refractivity contribution in [3.8, 4) is 5.69 Å². The highest BCUT2D eigenvalue weighted by atomic mass is 32.2. The van der Waals surface area contributed by atoms with Gasteiger partial charge in [0.05, 0.1) is 11.0 Å². The lowest BCUT2D eigenvalue weighted by molar-refractivity contribution is 0.102. The molecule has 0 atom stereocenters. The van der Waals surface area contributed by atoms with Crippen molar-refractivity contribution in [3.63, 3.8) is 0 Å². The Kier molecular flexibility index (Phi) is 6.26. The lowest BCUT2D eigenvalue weighted by Gasteiger charge is -2.26. The molecule has 0 bridgehead atoms. The van der Waals surface area contributed by atoms with E-state index in [1.165, 1.54) is 12.1 Å². The highest BCUT2D eigenvalue weighted by Gasteiger charge is 2.16. The van der Waals surface area contributed by atoms with Crippen LogP contribution in [-0.2, 0) is 17.3 Å². The molecule has 3 aromatic carbocycles. The van der Waals surface area contributed by atoms with Gasteiger partial charge in [-0.15, -0.1) is 0 Å². The number of hydrogen-bond acceptors (Lipinski definition) is 4. The van der Waals surface area contributed by atoms with Crippen LogP contribution in [-0.4, -0.2) is 49.2 Å². The summed E-state index contributed by atoms with van der Waals surface area (Å²) in [6.07, 6.45) is 0. The van der Waals surface area contributed by atoms with Crippen LogP contribution in [0.1, 0.15) is 21.7 Å². The Hall–Kier alpha value is -3.36. The average molecular weight is 477 g/mol. The normalized spacial score (nSPS) is 15.0. The third-order valence-electron chi connectivity index (χ3n) is 6.06. The molecule has 0 radical (unpaired) electrons. The zero-order chi connectivity index (χ0) is 23.7. The summed E-state index contributed by atoms with van der Waals surface area (Å²) in [7, 11) is -0.678. The molecule has 0 saturated carbocycles. The van der Waals surface area contributed by atoms with Crippen molar-refractivity contribution >= 4 is 33.4 Å². The Morgan fingerprint density at radius 3 is 2.44 bits per heavy atom. The van der Waals surface area contributed by atoms with Gasteiger partial charge in [-0.2, -0.15) is 0 Å². The van der Waals surface area contributed by atoms with Crippen LogP contribution in [0.5, 0.6) is 0 Å². The molecule has 1 aliphatic heterocycles. The molecule has 174 valence electrons. The first-order valence-electron chi connectivity index (χ1n) is 11.2. The molecule has 0 spiro atoms. The second kappa shape index (κ2) is 9.48. The third kappa shape index (κ3) is 4.78. The predicted molar refractivity (Wildman–Crippen MR) is 133 cm³/mol. The maximum atomic E-state index is 13.4. The zero-order valence-corrected chi connectivity index (χ0v) is 19.6. The summed E-state index contributed by atoms with van der Waals surface area (Å²) in [6, 6.07) is 19.4. The summed E-state index contributed by atoms with van der Waals surface area (Å²) in [5.41, 5.74) is 4.73. The molecule has 2 heterocycles. The van der Waals surface area contributed by atoms with Crippen molar-refractivity contribution in [2.45, 2.75) is 13.5 Å². The van der Waals surface area contributed by atoms with E-state index in [4.69, 9.17) is 0 Å². The van der Waals surface area contributed by atoms with Crippen LogP contribution in [0.2, 0.25) is 0 Å². The van der Waals surface area contributed by atoms with Gasteiger partial charge in [-0.05, 0) is 67.1 Å². The summed E-state index contributed by atoms with van der Waals surface area (Å²) in [4.78, 5) is 19.8. The van der Waals surface area contributed by atoms with Crippen molar-refractivity contribution in [1.29, 1.82) is 0 Å². The number of aryl methyl sites for hydroxylation is 1. The fraction of sp³-hybridized carbons (Fsp3) is 0.231. The van der Waals surface area contributed by atoms with Crippen LogP contribution < -0.4 is 5.32 Å². The standard InChI is InChI=1S/C26H25FN4O2S/c1-18-28-24-11-4-20(16-25(24)31(18)23-9-5-21(27)6-10-23)26(32)29-22-7-2-19(3-8-22)17-30-12-14-34(33)15-13-30/h2-11,16H,12-15,17H2,1H3,(H,29,32). The molecule has 1 saturated heterocycles. The second-order valence-corrected chi connectivity index (χ2v) is 10.1. The van der Waals surface area contributed by atoms with Crippen molar-refractivity contribution in [3.05, 3.63) is 89.5 Å². The molecule has 5 rings (SSSR count). The summed E-state index contributed by atoms with van der Waals surface area (Å²) in [6.45, 7) is 4.39. The molecule has 6 nitrogen and oxygen atoms in total. The van der Waals surface area contributed by atoms with Crippen molar-refractivity contribution in [2.75, 3.05) is 29.9 Å². The number of halogens is 1. The number of rotatable bonds is 5. The lowest BCUT2D eigenvalue weighted by Crippen LogP contribution is -2.37. The first-order valence-corrected chi connectivity index (χ1v) is 12.7. The maximum Gasteiger partial charge on any atom is 0.255 e. The van der Waals surface area contributed by atoms with Crippen LogP contribution in [0.15, 0.2) is 66.7 Å². The van der Waals surface area contributed by atoms with E-state index < -0.39 is 10.8 Å². The largest absolute Gasteiger partial charge is 0.322 e. The average Bonchev–Trinajstić information content (AvgIpc) is 3.17. The molecule has 1 amide bonds. The molecule has 34 heavy (non-hydrogen) atoms. The summed E-state index contributed by atoms with van der Waals surface area (Å²) < 4.78 is 26.8. The van der Waals surface area contributed by atoms with Gasteiger partial charge in [0.25, 0.3) is 5.91 Å². The third-order valence-corrected chi connectivity index (χ3v) is 7.33. The summed E-state index contributed by atoms with van der Waals surface area (Å²) in [5, 5.41) is 2.96. The van der Waals surface area contributed by atoms with Gasteiger partial charge in [-0.25, -0.2) is 9.37 Å². The van der Waals surface area contributed by atoms with Gasteiger partial charge in [0, 0.05) is 58.9 Å². The van der Waals surface area contributed by atoms with E-state index in [1.54, 1.807) is 18.2 Å². The van der Waals surface area contributed by atoms with Gasteiger partial charge in [-0.1, -0.05) is 12.1 Å². The van der Waals surface area contributed by atoms with E-state index in [2.05, 4.69) is 15.2 Å². The van der Waals surface area contributed by atoms with Crippen LogP contribution in [0.4, 0.5) is 10.1 Å². The molecular weight excluding hydrogens is 451 g/mol. The number of benzene rings is 3. The Balaban J connectivity index is 1.32. The number of aromatic nitrogens is 2. The Labute approximate surface area is 199 Å². The predicted octanol–water partition coefficient (Wildman–Crippen LogP) is 4.29. The lowest BCUT2D eigenvalue weighted by atomic mass is 10.1. The van der Waals surface area contributed by atoms with E-state index in [9.17, 15) is 13.4 Å². The van der Waals surface area contributed by atoms with Crippen LogP contribution in [0.3, 0.4) is 0 Å². The Morgan fingerprint density at radius 2 is 1.74 bits per heavy atom. The van der Waals surface area contributed by atoms with E-state index >= 15 is 0 Å². The van der Waals surface area contributed by atoms with Crippen molar-refractivity contribution in [2.24, 2.45) is 0 Å². The van der Waals surface area contributed by atoms with Gasteiger partial charge in [-0.3, -0.25) is 18.5 Å². The topological polar surface area (TPSA) is 67.2 Å². The molecule has 0 unspecified atom stereocenters. The molecule has 1 aliphatic rings. The maximum absolute atomic E-state index is 13.4. The highest BCUT2D eigenvalue weighted by molar-refractivity contribution is 7.85. The molecule has 1 aromatic heterocycles. The van der Waals surface area contributed by atoms with Gasteiger partial charge in [0.1, 0.15) is 11.6 Å². The monoisotopic (exact) mass is 476 g/mol. The van der Waals surface area contributed by atoms with Gasteiger partial charge in [0.2, 0.25) is 0 Å². The fourth-order valence-electron chi connectivity index (χ4n) is 4.24. The number of nitrogens with one attached hydrogen (secondary N) is 1. The van der Waals surface area contributed by atoms with E-state index in [-0.39, 0.29) is 11.7 Å². The second-order valence-electron chi connectivity index (χ2n) is 8.45. The van der Waals surface area contributed by atoms with Gasteiger partial charge >= 0.3 is 0 Å². The van der Waals surface area contributed by atoms with Crippen molar-refractivity contribution in [1.82, 2.24) is 14.5 Å². The minimum atomic E-state index is -0.678. The van der Waals surface area contributed by atoms with E-state index in [0.717, 1.165) is 64.9 Å². The first kappa shape index (κ1) is 22.4. The Morgan fingerprint density at radius 1 is 1.03 bits per heavy atom. The summed E-state index contributed by atoms with van der Waals surface area (Å²) >= 11 is 0. The number of carbonyl (C=O) groups is 1. The first-order chi connectivity index (χ1) is 16.5. The van der Waals surface area contributed by atoms with Gasteiger partial charge in [0.15, 0.2) is 0 Å². The van der Waals surface area contributed by atoms with Crippen LogP contribution in [0.25, 0.3) is 16.7 Å². The SMILES string of the molecule is Cc1nc2ccc(C(=O)Nc3ccc(CN4CCS(=O)CC4)cc3)cc2n1-c1ccc(F)cc1. The number of nitrogens with zero attached hydrogens (tertiary/aromatic N) is 3. The van der Waals surface area contributed by atoms with E-state index in [1.807, 2.05) is 47.9 Å². The molecule has 4 aromatic rings. The summed E-state index contributed by atoms with van der Waals surface area (Å²) in [5.74, 6) is 1.72. The number of fused-ring (bicyclic) bond motifs is 1. The number of hydrogen-bond donors (Lipinski definition) is 1. The zero-order valence-electron chi connectivity index (χ0n) is 18.8. The molecule has 1 N–H and O–H groups in total. The minimum Gasteiger partial charge on any atom is -0.322 e. The van der Waals surface area contributed by atoms with Crippen LogP contribution in [0, 0.1) is 12.7 Å². The van der Waals surface area contributed by atoms with Gasteiger partial charge < -0.3 is 5.32 Å². The van der Waals surface area contributed by atoms with Crippen LogP contribution >= 0.6 is 0 Å². The van der Waals surface area contributed by atoms with Crippen molar-refractivity contribution < 1.29 is 13.4 Å².